The second-order valence-electron chi connectivity index (χ2n) is 5.24. The van der Waals surface area contributed by atoms with Crippen molar-refractivity contribution >= 4 is 34.7 Å². The van der Waals surface area contributed by atoms with Gasteiger partial charge in [-0.1, -0.05) is 0 Å². The third-order valence-corrected chi connectivity index (χ3v) is 4.20. The first-order valence-corrected chi connectivity index (χ1v) is 8.59. The highest BCUT2D eigenvalue weighted by Crippen LogP contribution is 2.15. The quantitative estimate of drug-likeness (QED) is 0.842. The molecule has 122 valence electrons. The zero-order valence-corrected chi connectivity index (χ0v) is 14.1. The molecule has 0 spiro atoms. The van der Waals surface area contributed by atoms with Gasteiger partial charge in [0, 0.05) is 5.56 Å². The summed E-state index contributed by atoms with van der Waals surface area (Å²) in [5.41, 5.74) is 3.36. The molecule has 1 heterocycles. The number of aromatic nitrogens is 2. The number of carboxylic acids is 1. The van der Waals surface area contributed by atoms with Crippen molar-refractivity contribution < 1.29 is 14.7 Å². The molecule has 0 unspecified atom stereocenters. The lowest BCUT2D eigenvalue weighted by Gasteiger charge is -2.14. The summed E-state index contributed by atoms with van der Waals surface area (Å²) in [5.74, 6) is -0.779. The maximum Gasteiger partial charge on any atom is 0.326 e. The van der Waals surface area contributed by atoms with Gasteiger partial charge in [-0.3, -0.25) is 4.79 Å². The van der Waals surface area contributed by atoms with E-state index in [1.54, 1.807) is 30.0 Å². The Labute approximate surface area is 138 Å². The van der Waals surface area contributed by atoms with Gasteiger partial charge in [-0.25, -0.2) is 14.8 Å². The fraction of sp³-hybridized carbons (Fsp3) is 0.375. The van der Waals surface area contributed by atoms with E-state index < -0.39 is 17.9 Å². The number of benzene rings is 1. The highest BCUT2D eigenvalue weighted by molar-refractivity contribution is 7.98. The van der Waals surface area contributed by atoms with Gasteiger partial charge in [0.25, 0.3) is 5.91 Å². The lowest BCUT2D eigenvalue weighted by atomic mass is 10.1. The number of carbonyl (C=O) groups excluding carboxylic acids is 1. The average molecular weight is 333 g/mol. The van der Waals surface area contributed by atoms with Crippen LogP contribution in [0.2, 0.25) is 0 Å². The summed E-state index contributed by atoms with van der Waals surface area (Å²) in [4.78, 5) is 32.3. The van der Waals surface area contributed by atoms with E-state index >= 15 is 0 Å². The number of fused-ring (bicyclic) bond motifs is 1. The van der Waals surface area contributed by atoms with Gasteiger partial charge in [0.05, 0.1) is 22.4 Å². The van der Waals surface area contributed by atoms with Gasteiger partial charge in [0.15, 0.2) is 0 Å². The summed E-state index contributed by atoms with van der Waals surface area (Å²) < 4.78 is 0. The van der Waals surface area contributed by atoms with E-state index in [0.717, 1.165) is 11.4 Å². The number of thioether (sulfide) groups is 1. The molecular weight excluding hydrogens is 314 g/mol. The van der Waals surface area contributed by atoms with Crippen LogP contribution in [0.1, 0.15) is 28.2 Å². The van der Waals surface area contributed by atoms with E-state index in [4.69, 9.17) is 0 Å². The van der Waals surface area contributed by atoms with Crippen LogP contribution in [-0.2, 0) is 4.79 Å². The van der Waals surface area contributed by atoms with Gasteiger partial charge in [-0.2, -0.15) is 11.8 Å². The maximum absolute atomic E-state index is 12.3. The van der Waals surface area contributed by atoms with Crippen LogP contribution in [0.4, 0.5) is 0 Å². The number of nitrogens with one attached hydrogen (secondary N) is 1. The minimum Gasteiger partial charge on any atom is -0.480 e. The normalized spacial score (nSPS) is 12.1. The number of hydrogen-bond acceptors (Lipinski definition) is 5. The lowest BCUT2D eigenvalue weighted by Crippen LogP contribution is -2.41. The molecule has 0 aliphatic heterocycles. The molecule has 1 amide bonds. The highest BCUT2D eigenvalue weighted by Gasteiger charge is 2.20. The Hall–Kier alpha value is -2.15. The van der Waals surface area contributed by atoms with E-state index in [9.17, 15) is 14.7 Å². The summed E-state index contributed by atoms with van der Waals surface area (Å²) >= 11 is 1.54. The molecule has 0 aliphatic rings. The van der Waals surface area contributed by atoms with E-state index in [0.29, 0.717) is 28.8 Å². The SMILES string of the molecule is CSCC[C@@H](NC(=O)c1ccc2nc(C)c(C)nc2c1)C(=O)O. The van der Waals surface area contributed by atoms with Gasteiger partial charge < -0.3 is 10.4 Å². The molecule has 6 nitrogen and oxygen atoms in total. The predicted octanol–water partition coefficient (Wildman–Crippen LogP) is 2.18. The van der Waals surface area contributed by atoms with Crippen molar-refractivity contribution in [2.75, 3.05) is 12.0 Å². The minimum absolute atomic E-state index is 0.380. The second-order valence-corrected chi connectivity index (χ2v) is 6.23. The Morgan fingerprint density at radius 2 is 1.87 bits per heavy atom. The summed E-state index contributed by atoms with van der Waals surface area (Å²) in [6, 6.07) is 4.10. The van der Waals surface area contributed by atoms with Crippen LogP contribution < -0.4 is 5.32 Å². The molecule has 1 atom stereocenters. The standard InChI is InChI=1S/C16H19N3O3S/c1-9-10(2)18-14-8-11(4-5-12(14)17-9)15(20)19-13(16(21)22)6-7-23-3/h4-5,8,13H,6-7H2,1-3H3,(H,19,20)(H,21,22)/t13-/m1/s1. The summed E-state index contributed by atoms with van der Waals surface area (Å²) in [7, 11) is 0. The van der Waals surface area contributed by atoms with E-state index in [1.165, 1.54) is 0 Å². The smallest absolute Gasteiger partial charge is 0.326 e. The molecule has 0 radical (unpaired) electrons. The topological polar surface area (TPSA) is 92.2 Å². The van der Waals surface area contributed by atoms with Crippen LogP contribution in [0, 0.1) is 13.8 Å². The number of carbonyl (C=O) groups is 2. The van der Waals surface area contributed by atoms with E-state index in [1.807, 2.05) is 20.1 Å². The molecule has 0 bridgehead atoms. The largest absolute Gasteiger partial charge is 0.480 e. The first-order chi connectivity index (χ1) is 10.9. The van der Waals surface area contributed by atoms with E-state index in [2.05, 4.69) is 15.3 Å². The first kappa shape index (κ1) is 17.2. The Morgan fingerprint density at radius 1 is 1.22 bits per heavy atom. The van der Waals surface area contributed by atoms with Crippen molar-refractivity contribution in [3.8, 4) is 0 Å². The zero-order chi connectivity index (χ0) is 17.0. The molecule has 0 fully saturated rings. The van der Waals surface area contributed by atoms with Crippen LogP contribution >= 0.6 is 11.8 Å². The van der Waals surface area contributed by atoms with Crippen LogP contribution in [0.5, 0.6) is 0 Å². The predicted molar refractivity (Wildman–Crippen MR) is 90.9 cm³/mol. The number of hydrogen-bond donors (Lipinski definition) is 2. The zero-order valence-electron chi connectivity index (χ0n) is 13.3. The van der Waals surface area contributed by atoms with Crippen LogP contribution in [0.25, 0.3) is 11.0 Å². The fourth-order valence-corrected chi connectivity index (χ4v) is 2.58. The molecular formula is C16H19N3O3S. The Bertz CT molecular complexity index is 749. The molecule has 0 aliphatic carbocycles. The number of nitrogens with zero attached hydrogens (tertiary/aromatic N) is 2. The summed E-state index contributed by atoms with van der Waals surface area (Å²) in [6.45, 7) is 3.74. The number of rotatable bonds is 6. The van der Waals surface area contributed by atoms with Crippen LogP contribution in [-0.4, -0.2) is 45.0 Å². The first-order valence-electron chi connectivity index (χ1n) is 7.20. The summed E-state index contributed by atoms with van der Waals surface area (Å²) in [5, 5.41) is 11.7. The Balaban J connectivity index is 2.23. The van der Waals surface area contributed by atoms with Crippen LogP contribution in [0.3, 0.4) is 0 Å². The number of amides is 1. The third-order valence-electron chi connectivity index (χ3n) is 3.55. The fourth-order valence-electron chi connectivity index (χ4n) is 2.11. The van der Waals surface area contributed by atoms with Gasteiger partial charge in [-0.15, -0.1) is 0 Å². The van der Waals surface area contributed by atoms with Gasteiger partial charge in [0.2, 0.25) is 0 Å². The number of carboxylic acid groups (broad SMARTS) is 1. The lowest BCUT2D eigenvalue weighted by molar-refractivity contribution is -0.139. The Morgan fingerprint density at radius 3 is 2.48 bits per heavy atom. The molecule has 1 aromatic carbocycles. The van der Waals surface area contributed by atoms with Crippen molar-refractivity contribution in [3.05, 3.63) is 35.2 Å². The molecule has 23 heavy (non-hydrogen) atoms. The highest BCUT2D eigenvalue weighted by atomic mass is 32.2. The number of aliphatic carboxylic acids is 1. The number of aryl methyl sites for hydroxylation is 2. The molecule has 2 rings (SSSR count). The molecule has 2 aromatic rings. The van der Waals surface area contributed by atoms with Crippen molar-refractivity contribution in [1.82, 2.24) is 15.3 Å². The second kappa shape index (κ2) is 7.41. The van der Waals surface area contributed by atoms with E-state index in [-0.39, 0.29) is 0 Å². The molecule has 0 saturated carbocycles. The van der Waals surface area contributed by atoms with Crippen molar-refractivity contribution in [3.63, 3.8) is 0 Å². The van der Waals surface area contributed by atoms with Crippen LogP contribution in [0.15, 0.2) is 18.2 Å². The monoisotopic (exact) mass is 333 g/mol. The molecule has 7 heteroatoms. The minimum atomic E-state index is -1.03. The Kier molecular flexibility index (Phi) is 5.54. The van der Waals surface area contributed by atoms with Crippen molar-refractivity contribution in [2.24, 2.45) is 0 Å². The van der Waals surface area contributed by atoms with Crippen molar-refractivity contribution in [1.29, 1.82) is 0 Å². The molecule has 0 saturated heterocycles. The van der Waals surface area contributed by atoms with Gasteiger partial charge in [-0.05, 0) is 50.5 Å². The molecule has 1 aromatic heterocycles. The summed E-state index contributed by atoms with van der Waals surface area (Å²) in [6.07, 6.45) is 2.28. The van der Waals surface area contributed by atoms with Gasteiger partial charge >= 0.3 is 5.97 Å². The van der Waals surface area contributed by atoms with Gasteiger partial charge in [0.1, 0.15) is 6.04 Å². The maximum atomic E-state index is 12.3. The average Bonchev–Trinajstić information content (AvgIpc) is 2.51. The molecule has 2 N–H and O–H groups in total. The third kappa shape index (κ3) is 4.19. The van der Waals surface area contributed by atoms with Crippen molar-refractivity contribution in [2.45, 2.75) is 26.3 Å².